The molecule has 0 radical (unpaired) electrons. The molecule has 24 heavy (non-hydrogen) atoms. The van der Waals surface area contributed by atoms with E-state index in [1.807, 2.05) is 12.1 Å². The number of alkyl halides is 3. The molecule has 0 aromatic heterocycles. The second-order valence-corrected chi connectivity index (χ2v) is 7.47. The monoisotopic (exact) mass is 380 g/mol. The largest absolute Gasteiger partial charge is 0.446 e. The number of nitrogens with zero attached hydrogens (tertiary/aromatic N) is 1. The highest BCUT2D eigenvalue weighted by molar-refractivity contribution is 8.00. The van der Waals surface area contributed by atoms with Gasteiger partial charge in [-0.1, -0.05) is 31.0 Å². The minimum atomic E-state index is -4.24. The molecule has 0 spiro atoms. The third-order valence-corrected chi connectivity index (χ3v) is 5.68. The molecule has 1 aromatic rings. The van der Waals surface area contributed by atoms with Gasteiger partial charge in [-0.3, -0.25) is 4.90 Å². The van der Waals surface area contributed by atoms with Crippen LogP contribution < -0.4 is 5.32 Å². The Balaban J connectivity index is 0.00000208. The topological polar surface area (TPSA) is 15.3 Å². The Labute approximate surface area is 152 Å². The molecule has 2 nitrogen and oxygen atoms in total. The summed E-state index contributed by atoms with van der Waals surface area (Å²) < 4.78 is 38.8. The lowest BCUT2D eigenvalue weighted by Crippen LogP contribution is -2.46. The van der Waals surface area contributed by atoms with E-state index in [0.29, 0.717) is 10.8 Å². The summed E-state index contributed by atoms with van der Waals surface area (Å²) in [5.41, 5.74) is -3.37. The van der Waals surface area contributed by atoms with Gasteiger partial charge in [-0.15, -0.1) is 12.4 Å². The van der Waals surface area contributed by atoms with Gasteiger partial charge in [-0.05, 0) is 42.2 Å². The lowest BCUT2D eigenvalue weighted by Gasteiger charge is -2.39. The van der Waals surface area contributed by atoms with Gasteiger partial charge < -0.3 is 5.32 Å². The molecule has 0 amide bonds. The van der Waals surface area contributed by atoms with Crippen LogP contribution in [-0.4, -0.2) is 36.6 Å². The van der Waals surface area contributed by atoms with Crippen molar-refractivity contribution in [3.8, 4) is 0 Å². The standard InChI is InChI=1S/C17H23F3N2S.ClH/c18-17(19,20)23-15-8-4-3-7-14(15)16(13-5-1-2-6-13)22-11-9-21-10-12-22;/h3-4,7-8,13,16,21H,1-2,5-6,9-12H2;1H/t16-;/m1./s1. The van der Waals surface area contributed by atoms with Crippen LogP contribution in [0.3, 0.4) is 0 Å². The van der Waals surface area contributed by atoms with Crippen LogP contribution in [0, 0.1) is 5.92 Å². The fourth-order valence-electron chi connectivity index (χ4n) is 3.92. The quantitative estimate of drug-likeness (QED) is 0.751. The third kappa shape index (κ3) is 5.04. The maximum Gasteiger partial charge on any atom is 0.446 e. The normalized spacial score (nSPS) is 21.5. The Hall–Kier alpha value is -0.430. The van der Waals surface area contributed by atoms with Gasteiger partial charge in [-0.25, -0.2) is 0 Å². The van der Waals surface area contributed by atoms with Gasteiger partial charge in [0.05, 0.1) is 0 Å². The third-order valence-electron chi connectivity index (χ3n) is 4.85. The molecule has 1 saturated carbocycles. The molecule has 1 heterocycles. The first-order chi connectivity index (χ1) is 11.0. The molecule has 2 aliphatic rings. The van der Waals surface area contributed by atoms with Crippen LogP contribution in [0.4, 0.5) is 13.2 Å². The van der Waals surface area contributed by atoms with Gasteiger partial charge >= 0.3 is 5.51 Å². The summed E-state index contributed by atoms with van der Waals surface area (Å²) in [4.78, 5) is 2.76. The predicted octanol–water partition coefficient (Wildman–Crippen LogP) is 4.86. The van der Waals surface area contributed by atoms with Crippen LogP contribution in [0.5, 0.6) is 0 Å². The van der Waals surface area contributed by atoms with E-state index in [4.69, 9.17) is 0 Å². The maximum absolute atomic E-state index is 12.9. The van der Waals surface area contributed by atoms with Crippen molar-refractivity contribution in [2.45, 2.75) is 42.1 Å². The van der Waals surface area contributed by atoms with E-state index in [0.717, 1.165) is 44.6 Å². The van der Waals surface area contributed by atoms with Gasteiger partial charge in [0.2, 0.25) is 0 Å². The van der Waals surface area contributed by atoms with Crippen molar-refractivity contribution in [2.24, 2.45) is 5.92 Å². The summed E-state index contributed by atoms with van der Waals surface area (Å²) in [5, 5.41) is 3.34. The lowest BCUT2D eigenvalue weighted by molar-refractivity contribution is -0.0329. The maximum atomic E-state index is 12.9. The molecule has 7 heteroatoms. The number of piperazine rings is 1. The van der Waals surface area contributed by atoms with Crippen molar-refractivity contribution in [1.29, 1.82) is 0 Å². The van der Waals surface area contributed by atoms with Gasteiger partial charge in [0.15, 0.2) is 0 Å². The highest BCUT2D eigenvalue weighted by Gasteiger charge is 2.36. The zero-order chi connectivity index (χ0) is 16.3. The molecule has 3 rings (SSSR count). The lowest BCUT2D eigenvalue weighted by atomic mass is 9.89. The average Bonchev–Trinajstić information content (AvgIpc) is 3.03. The summed E-state index contributed by atoms with van der Waals surface area (Å²) in [6.07, 6.45) is 4.64. The summed E-state index contributed by atoms with van der Waals surface area (Å²) in [5.74, 6) is 0.475. The number of rotatable bonds is 4. The Morgan fingerprint density at radius 3 is 2.33 bits per heavy atom. The molecule has 136 valence electrons. The zero-order valence-electron chi connectivity index (χ0n) is 13.5. The summed E-state index contributed by atoms with van der Waals surface area (Å²) in [7, 11) is 0. The molecule has 2 fully saturated rings. The fourth-order valence-corrected chi connectivity index (χ4v) is 4.63. The SMILES string of the molecule is Cl.FC(F)(F)Sc1ccccc1[C@@H](C1CCCC1)N1CCNCC1. The van der Waals surface area contributed by atoms with Gasteiger partial charge in [-0.2, -0.15) is 13.2 Å². The van der Waals surface area contributed by atoms with Crippen molar-refractivity contribution in [3.05, 3.63) is 29.8 Å². The minimum Gasteiger partial charge on any atom is -0.314 e. The van der Waals surface area contributed by atoms with Gasteiger partial charge in [0, 0.05) is 37.1 Å². The first-order valence-electron chi connectivity index (χ1n) is 8.34. The van der Waals surface area contributed by atoms with Crippen molar-refractivity contribution in [1.82, 2.24) is 10.2 Å². The number of benzene rings is 1. The second-order valence-electron chi connectivity index (χ2n) is 6.36. The number of hydrogen-bond donors (Lipinski definition) is 1. The molecule has 0 bridgehead atoms. The van der Waals surface area contributed by atoms with E-state index in [1.54, 1.807) is 12.1 Å². The van der Waals surface area contributed by atoms with Gasteiger partial charge in [0.25, 0.3) is 0 Å². The Bertz CT molecular complexity index is 515. The Kier molecular flexibility index (Phi) is 7.28. The number of halogens is 4. The van der Waals surface area contributed by atoms with E-state index in [9.17, 15) is 13.2 Å². The predicted molar refractivity (Wildman–Crippen MR) is 94.7 cm³/mol. The van der Waals surface area contributed by atoms with Crippen LogP contribution >= 0.6 is 24.2 Å². The number of nitrogens with one attached hydrogen (secondary N) is 1. The number of hydrogen-bond acceptors (Lipinski definition) is 3. The first-order valence-corrected chi connectivity index (χ1v) is 9.16. The van der Waals surface area contributed by atoms with E-state index in [2.05, 4.69) is 10.2 Å². The highest BCUT2D eigenvalue weighted by Crippen LogP contribution is 2.46. The Morgan fingerprint density at radius 2 is 1.71 bits per heavy atom. The Morgan fingerprint density at radius 1 is 1.08 bits per heavy atom. The molecular formula is C17H24ClF3N2S. The van der Waals surface area contributed by atoms with Crippen LogP contribution in [0.15, 0.2) is 29.2 Å². The summed E-state index contributed by atoms with van der Waals surface area (Å²) in [6, 6.07) is 7.23. The molecular weight excluding hydrogens is 357 g/mol. The summed E-state index contributed by atoms with van der Waals surface area (Å²) in [6.45, 7) is 3.65. The average molecular weight is 381 g/mol. The van der Waals surface area contributed by atoms with Crippen LogP contribution in [0.1, 0.15) is 37.3 Å². The van der Waals surface area contributed by atoms with Crippen LogP contribution in [-0.2, 0) is 0 Å². The van der Waals surface area contributed by atoms with Crippen LogP contribution in [0.2, 0.25) is 0 Å². The highest BCUT2D eigenvalue weighted by atomic mass is 35.5. The summed E-state index contributed by atoms with van der Waals surface area (Å²) >= 11 is 0.0362. The van der Waals surface area contributed by atoms with E-state index in [-0.39, 0.29) is 30.2 Å². The molecule has 1 N–H and O–H groups in total. The molecule has 1 atom stereocenters. The molecule has 1 aliphatic carbocycles. The second kappa shape index (κ2) is 8.79. The van der Waals surface area contributed by atoms with E-state index >= 15 is 0 Å². The molecule has 0 unspecified atom stereocenters. The molecule has 1 saturated heterocycles. The molecule has 1 aromatic carbocycles. The minimum absolute atomic E-state index is 0. The van der Waals surface area contributed by atoms with Crippen molar-refractivity contribution >= 4 is 24.2 Å². The van der Waals surface area contributed by atoms with E-state index in [1.165, 1.54) is 12.8 Å². The smallest absolute Gasteiger partial charge is 0.314 e. The van der Waals surface area contributed by atoms with E-state index < -0.39 is 5.51 Å². The molecule has 1 aliphatic heterocycles. The number of thioether (sulfide) groups is 1. The van der Waals surface area contributed by atoms with Crippen molar-refractivity contribution < 1.29 is 13.2 Å². The first kappa shape index (κ1) is 19.9. The van der Waals surface area contributed by atoms with Crippen molar-refractivity contribution in [2.75, 3.05) is 26.2 Å². The zero-order valence-corrected chi connectivity index (χ0v) is 15.2. The van der Waals surface area contributed by atoms with Gasteiger partial charge in [0.1, 0.15) is 0 Å². The van der Waals surface area contributed by atoms with Crippen LogP contribution in [0.25, 0.3) is 0 Å². The fraction of sp³-hybridized carbons (Fsp3) is 0.647. The van der Waals surface area contributed by atoms with Crippen molar-refractivity contribution in [3.63, 3.8) is 0 Å².